The van der Waals surface area contributed by atoms with Crippen LogP contribution in [0.5, 0.6) is 0 Å². The second-order valence-electron chi connectivity index (χ2n) is 7.44. The molecule has 1 rings (SSSR count). The largest absolute Gasteiger partial charge is 0.344 e. The van der Waals surface area contributed by atoms with Gasteiger partial charge in [-0.15, -0.1) is 0 Å². The number of nitrogens with one attached hydrogen (secondary N) is 2. The van der Waals surface area contributed by atoms with Crippen LogP contribution < -0.4 is 10.6 Å². The fourth-order valence-corrected chi connectivity index (χ4v) is 3.53. The Balaban J connectivity index is 3.02. The van der Waals surface area contributed by atoms with Gasteiger partial charge in [-0.25, -0.2) is 0 Å². The van der Waals surface area contributed by atoms with Crippen LogP contribution in [0.2, 0.25) is 0 Å². The van der Waals surface area contributed by atoms with E-state index in [-0.39, 0.29) is 28.7 Å². The van der Waals surface area contributed by atoms with Gasteiger partial charge in [0.1, 0.15) is 0 Å². The molecular formula is C16H30N2O2. The van der Waals surface area contributed by atoms with Crippen molar-refractivity contribution in [1.29, 1.82) is 0 Å². The average molecular weight is 282 g/mol. The lowest BCUT2D eigenvalue weighted by Crippen LogP contribution is -2.63. The first-order valence-corrected chi connectivity index (χ1v) is 7.67. The Morgan fingerprint density at radius 3 is 2.40 bits per heavy atom. The Kier molecular flexibility index (Phi) is 5.36. The van der Waals surface area contributed by atoms with Crippen molar-refractivity contribution in [3.63, 3.8) is 0 Å². The second-order valence-corrected chi connectivity index (χ2v) is 7.44. The standard InChI is InChI=1S/C16H30N2O2/c1-7-8-9-12-14(20)17-13(11(2)19)15(3,4)10-16(5,6)18-12/h12-13,18H,7-10H2,1-6H3,(H,17,20). The van der Waals surface area contributed by atoms with E-state index >= 15 is 0 Å². The zero-order valence-corrected chi connectivity index (χ0v) is 13.8. The van der Waals surface area contributed by atoms with Crippen molar-refractivity contribution in [2.24, 2.45) is 5.41 Å². The van der Waals surface area contributed by atoms with Crippen molar-refractivity contribution in [2.45, 2.75) is 84.8 Å². The zero-order valence-electron chi connectivity index (χ0n) is 13.8. The smallest absolute Gasteiger partial charge is 0.237 e. The number of carbonyl (C=O) groups is 2. The van der Waals surface area contributed by atoms with Crippen LogP contribution in [-0.2, 0) is 9.59 Å². The molecule has 1 saturated heterocycles. The highest BCUT2D eigenvalue weighted by Gasteiger charge is 2.42. The van der Waals surface area contributed by atoms with Crippen molar-refractivity contribution in [1.82, 2.24) is 10.6 Å². The first kappa shape index (κ1) is 17.2. The molecule has 0 bridgehead atoms. The van der Waals surface area contributed by atoms with Crippen LogP contribution in [0.15, 0.2) is 0 Å². The summed E-state index contributed by atoms with van der Waals surface area (Å²) in [5.74, 6) is -0.00482. The van der Waals surface area contributed by atoms with E-state index in [0.29, 0.717) is 0 Å². The molecule has 2 N–H and O–H groups in total. The number of Topliss-reactive ketones (excluding diaryl/α,β-unsaturated/α-hetero) is 1. The lowest BCUT2D eigenvalue weighted by atomic mass is 9.72. The topological polar surface area (TPSA) is 58.2 Å². The van der Waals surface area contributed by atoms with Crippen molar-refractivity contribution in [3.8, 4) is 0 Å². The second kappa shape index (κ2) is 6.25. The van der Waals surface area contributed by atoms with Gasteiger partial charge in [0.2, 0.25) is 5.91 Å². The number of hydrogen-bond donors (Lipinski definition) is 2. The molecule has 116 valence electrons. The Bertz CT molecular complexity index is 375. The van der Waals surface area contributed by atoms with Crippen molar-refractivity contribution in [3.05, 3.63) is 0 Å². The van der Waals surface area contributed by atoms with Gasteiger partial charge in [0, 0.05) is 5.54 Å². The zero-order chi connectivity index (χ0) is 15.6. The molecule has 1 heterocycles. The molecule has 1 amide bonds. The Hall–Kier alpha value is -0.900. The maximum atomic E-state index is 12.4. The molecule has 1 aliphatic rings. The number of amides is 1. The SMILES string of the molecule is CCCCC1NC(C)(C)CC(C)(C)C(C(C)=O)NC1=O. The molecule has 2 atom stereocenters. The van der Waals surface area contributed by atoms with E-state index < -0.39 is 6.04 Å². The highest BCUT2D eigenvalue weighted by atomic mass is 16.2. The summed E-state index contributed by atoms with van der Waals surface area (Å²) < 4.78 is 0. The average Bonchev–Trinajstić information content (AvgIpc) is 2.27. The number of unbranched alkanes of at least 4 members (excludes halogenated alkanes) is 1. The van der Waals surface area contributed by atoms with Gasteiger partial charge in [-0.1, -0.05) is 33.6 Å². The molecule has 0 radical (unpaired) electrons. The van der Waals surface area contributed by atoms with E-state index in [1.54, 1.807) is 6.92 Å². The molecule has 1 aliphatic heterocycles. The van der Waals surface area contributed by atoms with Gasteiger partial charge in [0.25, 0.3) is 0 Å². The van der Waals surface area contributed by atoms with E-state index in [0.717, 1.165) is 25.7 Å². The number of hydrogen-bond acceptors (Lipinski definition) is 3. The van der Waals surface area contributed by atoms with Crippen molar-refractivity contribution >= 4 is 11.7 Å². The molecule has 4 heteroatoms. The summed E-state index contributed by atoms with van der Waals surface area (Å²) >= 11 is 0. The van der Waals surface area contributed by atoms with Crippen LogP contribution in [0.1, 0.15) is 67.2 Å². The van der Waals surface area contributed by atoms with Gasteiger partial charge >= 0.3 is 0 Å². The lowest BCUT2D eigenvalue weighted by molar-refractivity contribution is -0.133. The van der Waals surface area contributed by atoms with E-state index in [1.165, 1.54) is 0 Å². The molecule has 1 fully saturated rings. The summed E-state index contributed by atoms with van der Waals surface area (Å²) in [6.07, 6.45) is 3.73. The normalized spacial score (nSPS) is 29.2. The molecule has 4 nitrogen and oxygen atoms in total. The summed E-state index contributed by atoms with van der Waals surface area (Å²) in [5.41, 5.74) is -0.416. The first-order valence-electron chi connectivity index (χ1n) is 7.67. The lowest BCUT2D eigenvalue weighted by Gasteiger charge is -2.44. The molecule has 0 aromatic carbocycles. The third-order valence-electron chi connectivity index (χ3n) is 4.10. The summed E-state index contributed by atoms with van der Waals surface area (Å²) in [7, 11) is 0. The van der Waals surface area contributed by atoms with Crippen LogP contribution in [0, 0.1) is 5.41 Å². The van der Waals surface area contributed by atoms with E-state index in [2.05, 4.69) is 45.3 Å². The van der Waals surface area contributed by atoms with Gasteiger partial charge in [-0.3, -0.25) is 9.59 Å². The third kappa shape index (κ3) is 4.30. The van der Waals surface area contributed by atoms with Crippen LogP contribution in [0.25, 0.3) is 0 Å². The number of carbonyl (C=O) groups excluding carboxylic acids is 2. The molecule has 2 unspecified atom stereocenters. The fourth-order valence-electron chi connectivity index (χ4n) is 3.53. The molecule has 0 aromatic rings. The minimum atomic E-state index is -0.402. The van der Waals surface area contributed by atoms with E-state index in [4.69, 9.17) is 0 Å². The monoisotopic (exact) mass is 282 g/mol. The fraction of sp³-hybridized carbons (Fsp3) is 0.875. The minimum Gasteiger partial charge on any atom is -0.344 e. The van der Waals surface area contributed by atoms with Gasteiger partial charge in [0.15, 0.2) is 5.78 Å². The predicted molar refractivity (Wildman–Crippen MR) is 81.5 cm³/mol. The molecule has 0 saturated carbocycles. The quantitative estimate of drug-likeness (QED) is 0.832. The van der Waals surface area contributed by atoms with Crippen LogP contribution in [0.4, 0.5) is 0 Å². The molecule has 0 aliphatic carbocycles. The van der Waals surface area contributed by atoms with Crippen LogP contribution in [-0.4, -0.2) is 29.3 Å². The van der Waals surface area contributed by atoms with Crippen molar-refractivity contribution < 1.29 is 9.59 Å². The highest BCUT2D eigenvalue weighted by molar-refractivity contribution is 5.90. The summed E-state index contributed by atoms with van der Waals surface area (Å²) in [4.78, 5) is 24.4. The summed E-state index contributed by atoms with van der Waals surface area (Å²) in [5, 5.41) is 6.43. The first-order chi connectivity index (χ1) is 9.09. The van der Waals surface area contributed by atoms with Crippen LogP contribution in [0.3, 0.4) is 0 Å². The van der Waals surface area contributed by atoms with E-state index in [1.807, 2.05) is 0 Å². The maximum absolute atomic E-state index is 12.4. The predicted octanol–water partition coefficient (Wildman–Crippen LogP) is 2.42. The summed E-state index contributed by atoms with van der Waals surface area (Å²) in [6, 6.07) is -0.608. The van der Waals surface area contributed by atoms with E-state index in [9.17, 15) is 9.59 Å². The van der Waals surface area contributed by atoms with Crippen LogP contribution >= 0.6 is 0 Å². The molecule has 0 spiro atoms. The number of rotatable bonds is 4. The number of ketones is 1. The van der Waals surface area contributed by atoms with Gasteiger partial charge < -0.3 is 10.6 Å². The molecule has 0 aromatic heterocycles. The van der Waals surface area contributed by atoms with Gasteiger partial charge in [0.05, 0.1) is 12.1 Å². The Labute approximate surface area is 123 Å². The van der Waals surface area contributed by atoms with Gasteiger partial charge in [-0.05, 0) is 39.0 Å². The van der Waals surface area contributed by atoms with Crippen molar-refractivity contribution in [2.75, 3.05) is 0 Å². The third-order valence-corrected chi connectivity index (χ3v) is 4.10. The molecule has 20 heavy (non-hydrogen) atoms. The molecular weight excluding hydrogens is 252 g/mol. The summed E-state index contributed by atoms with van der Waals surface area (Å²) in [6.45, 7) is 12.0. The van der Waals surface area contributed by atoms with Gasteiger partial charge in [-0.2, -0.15) is 0 Å². The Morgan fingerprint density at radius 1 is 1.30 bits per heavy atom. The maximum Gasteiger partial charge on any atom is 0.237 e. The minimum absolute atomic E-state index is 0.0373. The highest BCUT2D eigenvalue weighted by Crippen LogP contribution is 2.34. The Morgan fingerprint density at radius 2 is 1.90 bits per heavy atom.